The van der Waals surface area contributed by atoms with Gasteiger partial charge in [-0.05, 0) is 37.6 Å². The van der Waals surface area contributed by atoms with E-state index in [0.29, 0.717) is 0 Å². The number of nitrogens with zero attached hydrogens (tertiary/aromatic N) is 1. The molecule has 0 aliphatic carbocycles. The average Bonchev–Trinajstić information content (AvgIpc) is 2.58. The van der Waals surface area contributed by atoms with Crippen molar-refractivity contribution in [2.24, 2.45) is 0 Å². The van der Waals surface area contributed by atoms with Crippen LogP contribution in [0.15, 0.2) is 42.0 Å². The van der Waals surface area contributed by atoms with Gasteiger partial charge in [-0.2, -0.15) is 5.26 Å². The molecule has 6 heteroatoms. The maximum absolute atomic E-state index is 13.9. The number of carbonyl (C=O) groups excluding carboxylic acids is 1. The van der Waals surface area contributed by atoms with Gasteiger partial charge in [0, 0.05) is 5.56 Å². The first-order chi connectivity index (χ1) is 11.8. The van der Waals surface area contributed by atoms with Gasteiger partial charge in [0.15, 0.2) is 5.82 Å². The molecule has 1 atom stereocenters. The highest BCUT2D eigenvalue weighted by Crippen LogP contribution is 2.23. The first-order valence-electron chi connectivity index (χ1n) is 7.46. The van der Waals surface area contributed by atoms with Crippen LogP contribution in [0.3, 0.4) is 0 Å². The Balaban J connectivity index is 2.28. The van der Waals surface area contributed by atoms with Gasteiger partial charge in [0.2, 0.25) is 0 Å². The van der Waals surface area contributed by atoms with E-state index in [1.165, 1.54) is 0 Å². The van der Waals surface area contributed by atoms with Gasteiger partial charge in [0.25, 0.3) is 5.91 Å². The van der Waals surface area contributed by atoms with Gasteiger partial charge in [-0.15, -0.1) is 0 Å². The van der Waals surface area contributed by atoms with Crippen LogP contribution in [0.4, 0.5) is 8.78 Å². The summed E-state index contributed by atoms with van der Waals surface area (Å²) in [5.74, 6) is -2.65. The minimum Gasteiger partial charge on any atom is -0.345 e. The number of rotatable bonds is 4. The number of nitrogens with one attached hydrogen (secondary N) is 1. The third-order valence-corrected chi connectivity index (χ3v) is 3.91. The maximum Gasteiger partial charge on any atom is 0.262 e. The number of halogens is 3. The second-order valence-electron chi connectivity index (χ2n) is 5.54. The lowest BCUT2D eigenvalue weighted by atomic mass is 10.0. The SMILES string of the molecule is Cc1cccc([C@H](C)NC(=O)C(C#N)=Cc2c(F)ccc(Cl)c2F)c1. The summed E-state index contributed by atoms with van der Waals surface area (Å²) in [4.78, 5) is 12.3. The topological polar surface area (TPSA) is 52.9 Å². The molecule has 2 rings (SSSR count). The van der Waals surface area contributed by atoms with Gasteiger partial charge >= 0.3 is 0 Å². The summed E-state index contributed by atoms with van der Waals surface area (Å²) >= 11 is 5.62. The highest BCUT2D eigenvalue weighted by atomic mass is 35.5. The van der Waals surface area contributed by atoms with E-state index in [2.05, 4.69) is 5.32 Å². The number of hydrogen-bond donors (Lipinski definition) is 1. The first-order valence-corrected chi connectivity index (χ1v) is 7.84. The van der Waals surface area contributed by atoms with Crippen LogP contribution in [0.1, 0.15) is 29.7 Å². The predicted molar refractivity (Wildman–Crippen MR) is 92.7 cm³/mol. The fourth-order valence-corrected chi connectivity index (χ4v) is 2.43. The lowest BCUT2D eigenvalue weighted by Crippen LogP contribution is -2.27. The van der Waals surface area contributed by atoms with Crippen molar-refractivity contribution < 1.29 is 13.6 Å². The van der Waals surface area contributed by atoms with Crippen LogP contribution in [-0.4, -0.2) is 5.91 Å². The zero-order chi connectivity index (χ0) is 18.6. The summed E-state index contributed by atoms with van der Waals surface area (Å²) in [5, 5.41) is 11.5. The average molecular weight is 361 g/mol. The molecule has 1 amide bonds. The third-order valence-electron chi connectivity index (χ3n) is 3.62. The summed E-state index contributed by atoms with van der Waals surface area (Å²) in [6.45, 7) is 3.67. The number of benzene rings is 2. The van der Waals surface area contributed by atoms with E-state index < -0.39 is 28.7 Å². The molecule has 0 fully saturated rings. The van der Waals surface area contributed by atoms with E-state index in [1.807, 2.05) is 31.2 Å². The number of amides is 1. The molecule has 0 aliphatic rings. The molecule has 25 heavy (non-hydrogen) atoms. The monoisotopic (exact) mass is 360 g/mol. The molecule has 2 aromatic carbocycles. The quantitative estimate of drug-likeness (QED) is 0.487. The molecule has 128 valence electrons. The highest BCUT2D eigenvalue weighted by Gasteiger charge is 2.17. The number of aryl methyl sites for hydroxylation is 1. The molecule has 3 nitrogen and oxygen atoms in total. The molecule has 0 aliphatic heterocycles. The van der Waals surface area contributed by atoms with E-state index >= 15 is 0 Å². The Morgan fingerprint density at radius 1 is 1.32 bits per heavy atom. The first kappa shape index (κ1) is 18.6. The smallest absolute Gasteiger partial charge is 0.262 e. The minimum absolute atomic E-state index is 0.293. The Kier molecular flexibility index (Phi) is 5.89. The van der Waals surface area contributed by atoms with Crippen LogP contribution in [0.25, 0.3) is 6.08 Å². The second kappa shape index (κ2) is 7.91. The van der Waals surface area contributed by atoms with Crippen molar-refractivity contribution in [3.05, 3.63) is 75.3 Å². The molecule has 2 aromatic rings. The maximum atomic E-state index is 13.9. The van der Waals surface area contributed by atoms with Crippen LogP contribution in [-0.2, 0) is 4.79 Å². The number of hydrogen-bond acceptors (Lipinski definition) is 2. The van der Waals surface area contributed by atoms with Gasteiger partial charge in [0.05, 0.1) is 11.1 Å². The Morgan fingerprint density at radius 2 is 2.04 bits per heavy atom. The van der Waals surface area contributed by atoms with Gasteiger partial charge in [-0.25, -0.2) is 8.78 Å². The fraction of sp³-hybridized carbons (Fsp3) is 0.158. The number of nitriles is 1. The van der Waals surface area contributed by atoms with Crippen LogP contribution in [0, 0.1) is 29.9 Å². The highest BCUT2D eigenvalue weighted by molar-refractivity contribution is 6.30. The van der Waals surface area contributed by atoms with Crippen molar-refractivity contribution in [1.29, 1.82) is 5.26 Å². The minimum atomic E-state index is -1.02. The molecule has 0 unspecified atom stereocenters. The van der Waals surface area contributed by atoms with E-state index in [-0.39, 0.29) is 11.1 Å². The van der Waals surface area contributed by atoms with Crippen LogP contribution < -0.4 is 5.32 Å². The van der Waals surface area contributed by atoms with Crippen molar-refractivity contribution >= 4 is 23.6 Å². The van der Waals surface area contributed by atoms with E-state index in [9.17, 15) is 18.8 Å². The van der Waals surface area contributed by atoms with Crippen molar-refractivity contribution in [1.82, 2.24) is 5.32 Å². The summed E-state index contributed by atoms with van der Waals surface area (Å²) in [5.41, 5.74) is 0.936. The van der Waals surface area contributed by atoms with Crippen LogP contribution in [0.2, 0.25) is 5.02 Å². The number of carbonyl (C=O) groups is 1. The standard InChI is InChI=1S/C19H15ClF2N2O/c1-11-4-3-5-13(8-11)12(2)24-19(25)14(10-23)9-15-17(21)7-6-16(20)18(15)22/h3-9,12H,1-2H3,(H,24,25)/t12-/m0/s1. The van der Waals surface area contributed by atoms with Crippen LogP contribution in [0.5, 0.6) is 0 Å². The van der Waals surface area contributed by atoms with Crippen molar-refractivity contribution in [3.8, 4) is 6.07 Å². The lowest BCUT2D eigenvalue weighted by molar-refractivity contribution is -0.117. The molecule has 0 aromatic heterocycles. The zero-order valence-corrected chi connectivity index (χ0v) is 14.4. The van der Waals surface area contributed by atoms with E-state index in [1.54, 1.807) is 13.0 Å². The summed E-state index contributed by atoms with van der Waals surface area (Å²) in [6.07, 6.45) is 0.856. The van der Waals surface area contributed by atoms with Crippen molar-refractivity contribution in [2.45, 2.75) is 19.9 Å². The second-order valence-corrected chi connectivity index (χ2v) is 5.94. The Morgan fingerprint density at radius 3 is 2.68 bits per heavy atom. The summed E-state index contributed by atoms with van der Waals surface area (Å²) < 4.78 is 27.7. The molecule has 1 N–H and O–H groups in total. The third kappa shape index (κ3) is 4.43. The fourth-order valence-electron chi connectivity index (χ4n) is 2.27. The molecular formula is C19H15ClF2N2O. The normalized spacial score (nSPS) is 12.4. The Hall–Kier alpha value is -2.71. The molecular weight excluding hydrogens is 346 g/mol. The van der Waals surface area contributed by atoms with Gasteiger partial charge in [-0.1, -0.05) is 41.4 Å². The van der Waals surface area contributed by atoms with Crippen LogP contribution >= 0.6 is 11.6 Å². The summed E-state index contributed by atoms with van der Waals surface area (Å²) in [6, 6.07) is 10.8. The lowest BCUT2D eigenvalue weighted by Gasteiger charge is -2.14. The zero-order valence-electron chi connectivity index (χ0n) is 13.6. The van der Waals surface area contributed by atoms with Gasteiger partial charge < -0.3 is 5.32 Å². The van der Waals surface area contributed by atoms with Gasteiger partial charge in [0.1, 0.15) is 17.5 Å². The van der Waals surface area contributed by atoms with E-state index in [0.717, 1.165) is 29.3 Å². The van der Waals surface area contributed by atoms with Gasteiger partial charge in [-0.3, -0.25) is 4.79 Å². The molecule has 0 spiro atoms. The molecule has 0 saturated carbocycles. The molecule has 0 radical (unpaired) electrons. The molecule has 0 bridgehead atoms. The summed E-state index contributed by atoms with van der Waals surface area (Å²) in [7, 11) is 0. The largest absolute Gasteiger partial charge is 0.345 e. The Labute approximate surface area is 149 Å². The van der Waals surface area contributed by atoms with Crippen molar-refractivity contribution in [2.75, 3.05) is 0 Å². The van der Waals surface area contributed by atoms with E-state index in [4.69, 9.17) is 11.6 Å². The molecule has 0 saturated heterocycles. The predicted octanol–water partition coefficient (Wildman–Crippen LogP) is 4.71. The van der Waals surface area contributed by atoms with Crippen molar-refractivity contribution in [3.63, 3.8) is 0 Å². The molecule has 0 heterocycles. The Bertz CT molecular complexity index is 887.